The Hall–Kier alpha value is 0.1000. The molecular weight excluding hydrogens is 274 g/mol. The third kappa shape index (κ3) is 3.28. The molecule has 1 N–H and O–H groups in total. The zero-order valence-electron chi connectivity index (χ0n) is 8.83. The summed E-state index contributed by atoms with van der Waals surface area (Å²) < 4.78 is 6.59. The Balaban J connectivity index is 1.77. The van der Waals surface area contributed by atoms with Gasteiger partial charge in [0.05, 0.1) is 10.4 Å². The standard InChI is InChI=1S/C11H16BrNOS/c1-8(9-4-5-14-7-9)13-6-10-2-3-11(12)15-10/h2-3,8-9,13H,4-7H2,1H3. The summed E-state index contributed by atoms with van der Waals surface area (Å²) in [4.78, 5) is 1.38. The van der Waals surface area contributed by atoms with Gasteiger partial charge in [-0.2, -0.15) is 0 Å². The molecule has 4 heteroatoms. The van der Waals surface area contributed by atoms with Crippen LogP contribution in [0.3, 0.4) is 0 Å². The molecule has 0 saturated carbocycles. The SMILES string of the molecule is CC(NCc1ccc(Br)s1)C1CCOC1. The molecule has 15 heavy (non-hydrogen) atoms. The Morgan fingerprint density at radius 2 is 2.53 bits per heavy atom. The van der Waals surface area contributed by atoms with Gasteiger partial charge in [0.1, 0.15) is 0 Å². The van der Waals surface area contributed by atoms with Crippen LogP contribution < -0.4 is 5.32 Å². The average molecular weight is 290 g/mol. The first-order valence-electron chi connectivity index (χ1n) is 5.31. The van der Waals surface area contributed by atoms with Crippen molar-refractivity contribution in [2.45, 2.75) is 25.9 Å². The molecule has 84 valence electrons. The minimum atomic E-state index is 0.549. The Labute approximate surface area is 103 Å². The molecule has 0 bridgehead atoms. The van der Waals surface area contributed by atoms with E-state index in [0.717, 1.165) is 19.8 Å². The largest absolute Gasteiger partial charge is 0.381 e. The topological polar surface area (TPSA) is 21.3 Å². The summed E-state index contributed by atoms with van der Waals surface area (Å²) in [5.41, 5.74) is 0. The summed E-state index contributed by atoms with van der Waals surface area (Å²) in [6.45, 7) is 5.07. The first-order valence-corrected chi connectivity index (χ1v) is 6.92. The van der Waals surface area contributed by atoms with E-state index < -0.39 is 0 Å². The summed E-state index contributed by atoms with van der Waals surface area (Å²) in [7, 11) is 0. The molecule has 1 aromatic rings. The van der Waals surface area contributed by atoms with Gasteiger partial charge in [0.25, 0.3) is 0 Å². The van der Waals surface area contributed by atoms with E-state index in [-0.39, 0.29) is 0 Å². The Kier molecular flexibility index (Phi) is 4.20. The molecule has 1 saturated heterocycles. The molecule has 1 aliphatic heterocycles. The lowest BCUT2D eigenvalue weighted by Crippen LogP contribution is -2.33. The Bertz CT molecular complexity index is 309. The van der Waals surface area contributed by atoms with Gasteiger partial charge < -0.3 is 10.1 Å². The van der Waals surface area contributed by atoms with Crippen LogP contribution in [0.4, 0.5) is 0 Å². The summed E-state index contributed by atoms with van der Waals surface area (Å²) in [5, 5.41) is 3.56. The summed E-state index contributed by atoms with van der Waals surface area (Å²) in [5.74, 6) is 0.688. The molecular formula is C11H16BrNOS. The number of thiophene rings is 1. The highest BCUT2D eigenvalue weighted by molar-refractivity contribution is 9.11. The van der Waals surface area contributed by atoms with Crippen LogP contribution in [0.2, 0.25) is 0 Å². The van der Waals surface area contributed by atoms with E-state index in [2.05, 4.69) is 40.3 Å². The molecule has 0 amide bonds. The molecule has 1 fully saturated rings. The molecule has 0 radical (unpaired) electrons. The third-order valence-electron chi connectivity index (χ3n) is 2.90. The molecule has 0 aromatic carbocycles. The van der Waals surface area contributed by atoms with Crippen molar-refractivity contribution < 1.29 is 4.74 Å². The van der Waals surface area contributed by atoms with Gasteiger partial charge in [-0.3, -0.25) is 0 Å². The smallest absolute Gasteiger partial charge is 0.0701 e. The van der Waals surface area contributed by atoms with Gasteiger partial charge >= 0.3 is 0 Å². The predicted molar refractivity (Wildman–Crippen MR) is 67.2 cm³/mol. The second-order valence-electron chi connectivity index (χ2n) is 4.00. The van der Waals surface area contributed by atoms with Crippen molar-refractivity contribution >= 4 is 27.3 Å². The van der Waals surface area contributed by atoms with Crippen LogP contribution in [0.15, 0.2) is 15.9 Å². The van der Waals surface area contributed by atoms with Crippen molar-refractivity contribution in [3.63, 3.8) is 0 Å². The highest BCUT2D eigenvalue weighted by Crippen LogP contribution is 2.22. The van der Waals surface area contributed by atoms with E-state index in [1.807, 2.05) is 0 Å². The van der Waals surface area contributed by atoms with E-state index in [1.165, 1.54) is 15.1 Å². The van der Waals surface area contributed by atoms with Gasteiger partial charge in [-0.1, -0.05) is 0 Å². The fraction of sp³-hybridized carbons (Fsp3) is 0.636. The van der Waals surface area contributed by atoms with Crippen LogP contribution in [0.25, 0.3) is 0 Å². The van der Waals surface area contributed by atoms with Crippen molar-refractivity contribution in [2.75, 3.05) is 13.2 Å². The van der Waals surface area contributed by atoms with Gasteiger partial charge in [0.15, 0.2) is 0 Å². The minimum absolute atomic E-state index is 0.549. The quantitative estimate of drug-likeness (QED) is 0.920. The number of ether oxygens (including phenoxy) is 1. The first kappa shape index (κ1) is 11.6. The van der Waals surface area contributed by atoms with E-state index in [9.17, 15) is 0 Å². The van der Waals surface area contributed by atoms with E-state index >= 15 is 0 Å². The maximum absolute atomic E-state index is 5.39. The van der Waals surface area contributed by atoms with E-state index in [4.69, 9.17) is 4.74 Å². The van der Waals surface area contributed by atoms with Gasteiger partial charge in [-0.05, 0) is 47.3 Å². The molecule has 1 aliphatic rings. The summed E-state index contributed by atoms with van der Waals surface area (Å²) >= 11 is 5.27. The van der Waals surface area contributed by atoms with Gasteiger partial charge in [-0.15, -0.1) is 11.3 Å². The van der Waals surface area contributed by atoms with Crippen LogP contribution >= 0.6 is 27.3 Å². The molecule has 2 heterocycles. The van der Waals surface area contributed by atoms with Gasteiger partial charge in [0.2, 0.25) is 0 Å². The summed E-state index contributed by atoms with van der Waals surface area (Å²) in [6.07, 6.45) is 1.20. The highest BCUT2D eigenvalue weighted by Gasteiger charge is 2.21. The van der Waals surface area contributed by atoms with Gasteiger partial charge in [0, 0.05) is 24.1 Å². The number of hydrogen-bond donors (Lipinski definition) is 1. The molecule has 2 atom stereocenters. The number of rotatable bonds is 4. The van der Waals surface area contributed by atoms with Crippen molar-refractivity contribution in [1.29, 1.82) is 0 Å². The Morgan fingerprint density at radius 3 is 3.13 bits per heavy atom. The molecule has 2 nitrogen and oxygen atoms in total. The van der Waals surface area contributed by atoms with Crippen LogP contribution in [0.1, 0.15) is 18.2 Å². The van der Waals surface area contributed by atoms with E-state index in [1.54, 1.807) is 11.3 Å². The fourth-order valence-corrected chi connectivity index (χ4v) is 3.26. The Morgan fingerprint density at radius 1 is 1.67 bits per heavy atom. The molecule has 2 unspecified atom stereocenters. The maximum atomic E-state index is 5.39. The van der Waals surface area contributed by atoms with Gasteiger partial charge in [-0.25, -0.2) is 0 Å². The van der Waals surface area contributed by atoms with Crippen molar-refractivity contribution in [1.82, 2.24) is 5.32 Å². The second kappa shape index (κ2) is 5.43. The molecule has 2 rings (SSSR count). The highest BCUT2D eigenvalue weighted by atomic mass is 79.9. The van der Waals surface area contributed by atoms with Crippen molar-refractivity contribution in [3.8, 4) is 0 Å². The predicted octanol–water partition coefficient (Wildman–Crippen LogP) is 3.03. The van der Waals surface area contributed by atoms with Crippen LogP contribution in [0, 0.1) is 5.92 Å². The average Bonchev–Trinajstić information content (AvgIpc) is 2.84. The lowest BCUT2D eigenvalue weighted by Gasteiger charge is -2.18. The van der Waals surface area contributed by atoms with Crippen molar-refractivity contribution in [3.05, 3.63) is 20.8 Å². The third-order valence-corrected chi connectivity index (χ3v) is 4.52. The lowest BCUT2D eigenvalue weighted by molar-refractivity contribution is 0.178. The second-order valence-corrected chi connectivity index (χ2v) is 6.55. The molecule has 0 aliphatic carbocycles. The molecule has 1 aromatic heterocycles. The zero-order valence-corrected chi connectivity index (χ0v) is 11.2. The van der Waals surface area contributed by atoms with Crippen LogP contribution in [-0.4, -0.2) is 19.3 Å². The lowest BCUT2D eigenvalue weighted by atomic mass is 10.0. The maximum Gasteiger partial charge on any atom is 0.0701 e. The van der Waals surface area contributed by atoms with E-state index in [0.29, 0.717) is 12.0 Å². The first-order chi connectivity index (χ1) is 7.25. The zero-order chi connectivity index (χ0) is 10.7. The number of halogens is 1. The van der Waals surface area contributed by atoms with Crippen LogP contribution in [-0.2, 0) is 11.3 Å². The minimum Gasteiger partial charge on any atom is -0.381 e. The normalized spacial score (nSPS) is 23.2. The number of nitrogens with one attached hydrogen (secondary N) is 1. The summed E-state index contributed by atoms with van der Waals surface area (Å²) in [6, 6.07) is 4.82. The molecule has 0 spiro atoms. The number of hydrogen-bond acceptors (Lipinski definition) is 3. The fourth-order valence-electron chi connectivity index (χ4n) is 1.82. The van der Waals surface area contributed by atoms with Crippen molar-refractivity contribution in [2.24, 2.45) is 5.92 Å². The monoisotopic (exact) mass is 289 g/mol. The van der Waals surface area contributed by atoms with Crippen LogP contribution in [0.5, 0.6) is 0 Å².